The van der Waals surface area contributed by atoms with E-state index in [0.29, 0.717) is 13.0 Å². The first-order valence-corrected chi connectivity index (χ1v) is 20.8. The predicted octanol–water partition coefficient (Wildman–Crippen LogP) is 11.0. The normalized spacial score (nSPS) is 14.3. The van der Waals surface area contributed by atoms with Crippen molar-refractivity contribution < 1.29 is 32.8 Å². The van der Waals surface area contributed by atoms with E-state index in [4.69, 9.17) is 24.3 Å². The first-order chi connectivity index (χ1) is 23.9. The van der Waals surface area contributed by atoms with Gasteiger partial charge < -0.3 is 20.1 Å². The third-order valence-corrected chi connectivity index (χ3v) is 8.65. The monoisotopic (exact) mass is 710 g/mol. The highest BCUT2D eigenvalue weighted by Crippen LogP contribution is 2.43. The van der Waals surface area contributed by atoms with E-state index in [-0.39, 0.29) is 32.3 Å². The molecule has 0 aliphatic carbocycles. The van der Waals surface area contributed by atoms with Crippen molar-refractivity contribution in [2.24, 2.45) is 5.73 Å². The van der Waals surface area contributed by atoms with E-state index in [9.17, 15) is 14.3 Å². The van der Waals surface area contributed by atoms with Crippen LogP contribution in [0.25, 0.3) is 0 Å². The van der Waals surface area contributed by atoms with Gasteiger partial charge in [-0.05, 0) is 70.6 Å². The molecule has 0 aromatic heterocycles. The second-order valence-corrected chi connectivity index (χ2v) is 13.9. The third kappa shape index (κ3) is 37.3. The van der Waals surface area contributed by atoms with E-state index in [0.717, 1.165) is 89.9 Å². The van der Waals surface area contributed by atoms with Gasteiger partial charge in [0.2, 0.25) is 0 Å². The topological polar surface area (TPSA) is 117 Å². The first kappa shape index (κ1) is 47.2. The highest BCUT2D eigenvalue weighted by Gasteiger charge is 2.25. The predicted molar refractivity (Wildman–Crippen MR) is 205 cm³/mol. The lowest BCUT2D eigenvalue weighted by Gasteiger charge is -2.20. The zero-order valence-corrected chi connectivity index (χ0v) is 32.1. The Morgan fingerprint density at radius 1 is 0.633 bits per heavy atom. The molecule has 9 heteroatoms. The van der Waals surface area contributed by atoms with Gasteiger partial charge in [-0.25, -0.2) is 4.57 Å². The van der Waals surface area contributed by atoms with Crippen LogP contribution in [0.4, 0.5) is 0 Å². The first-order valence-electron chi connectivity index (χ1n) is 19.3. The van der Waals surface area contributed by atoms with E-state index in [1.165, 1.54) is 38.5 Å². The van der Waals surface area contributed by atoms with Gasteiger partial charge in [-0.3, -0.25) is 13.8 Å². The molecule has 0 aliphatic heterocycles. The van der Waals surface area contributed by atoms with Crippen LogP contribution in [-0.2, 0) is 27.9 Å². The Bertz CT molecular complexity index is 932. The lowest BCUT2D eigenvalue weighted by atomic mass is 10.1. The number of phosphoric acid groups is 1. The lowest BCUT2D eigenvalue weighted by Crippen LogP contribution is -2.28. The zero-order chi connectivity index (χ0) is 35.9. The molecule has 0 radical (unpaired) electrons. The molecule has 3 N–H and O–H groups in total. The second kappa shape index (κ2) is 37.5. The summed E-state index contributed by atoms with van der Waals surface area (Å²) in [6.45, 7) is 4.70. The molecule has 284 valence electrons. The average Bonchev–Trinajstić information content (AvgIpc) is 3.09. The molecule has 8 nitrogen and oxygen atoms in total. The van der Waals surface area contributed by atoms with Gasteiger partial charge in [0, 0.05) is 19.6 Å². The highest BCUT2D eigenvalue weighted by molar-refractivity contribution is 7.47. The maximum atomic E-state index is 12.5. The molecule has 0 fully saturated rings. The van der Waals surface area contributed by atoms with Crippen LogP contribution in [-0.4, -0.2) is 49.9 Å². The number of esters is 1. The van der Waals surface area contributed by atoms with Gasteiger partial charge in [0.25, 0.3) is 0 Å². The van der Waals surface area contributed by atoms with E-state index in [1.807, 2.05) is 0 Å². The number of ether oxygens (including phenoxy) is 2. The van der Waals surface area contributed by atoms with Crippen molar-refractivity contribution in [3.8, 4) is 0 Å². The Morgan fingerprint density at radius 3 is 1.71 bits per heavy atom. The number of unbranched alkanes of at least 4 members (excludes halogenated alkanes) is 13. The van der Waals surface area contributed by atoms with Crippen LogP contribution >= 0.6 is 7.82 Å². The fraction of sp³-hybridized carbons (Fsp3) is 0.725. The molecule has 0 bridgehead atoms. The summed E-state index contributed by atoms with van der Waals surface area (Å²) in [6.07, 6.45) is 43.7. The molecule has 0 aromatic rings. The summed E-state index contributed by atoms with van der Waals surface area (Å²) in [4.78, 5) is 22.4. The fourth-order valence-corrected chi connectivity index (χ4v) is 5.61. The number of nitrogens with two attached hydrogens (primary N) is 1. The minimum atomic E-state index is -4.28. The van der Waals surface area contributed by atoms with Gasteiger partial charge in [-0.15, -0.1) is 0 Å². The number of carbonyl (C=O) groups excluding carboxylic acids is 1. The standard InChI is InChI=1S/C40H72NO7P/c1-3-5-7-9-11-13-15-17-19-20-22-24-26-28-30-32-35-45-37-39(38-47-49(43,44)46-36-34-41)48-40(42)33-31-29-27-25-23-21-18-16-14-12-10-8-6-4-2/h5,7,10-13,16-19,39H,3-4,6,8-9,14-15,20-38,41H2,1-2H3,(H,43,44)/b7-5-,12-10-,13-11-,18-16-,19-17-. The van der Waals surface area contributed by atoms with Gasteiger partial charge in [-0.2, -0.15) is 0 Å². The number of hydrogen-bond acceptors (Lipinski definition) is 7. The van der Waals surface area contributed by atoms with Gasteiger partial charge >= 0.3 is 13.8 Å². The summed E-state index contributed by atoms with van der Waals surface area (Å²) in [6, 6.07) is 0. The Hall–Kier alpha value is -1.80. The van der Waals surface area contributed by atoms with Crippen LogP contribution in [0.15, 0.2) is 60.8 Å². The third-order valence-electron chi connectivity index (χ3n) is 7.67. The molecule has 0 rings (SSSR count). The summed E-state index contributed by atoms with van der Waals surface area (Å²) in [7, 11) is -4.28. The zero-order valence-electron chi connectivity index (χ0n) is 31.2. The minimum absolute atomic E-state index is 0.0927. The van der Waals surface area contributed by atoms with Crippen LogP contribution in [0.5, 0.6) is 0 Å². The van der Waals surface area contributed by atoms with Gasteiger partial charge in [0.1, 0.15) is 6.10 Å². The molecule has 0 aliphatic rings. The molecule has 2 unspecified atom stereocenters. The Labute approximate surface area is 300 Å². The highest BCUT2D eigenvalue weighted by atomic mass is 31.2. The molecule has 0 aromatic carbocycles. The molecule has 0 spiro atoms. The maximum Gasteiger partial charge on any atom is 0.472 e. The molecule has 0 saturated heterocycles. The minimum Gasteiger partial charge on any atom is -0.457 e. The maximum absolute atomic E-state index is 12.5. The quantitative estimate of drug-likeness (QED) is 0.0286. The fourth-order valence-electron chi connectivity index (χ4n) is 4.85. The molecule has 2 atom stereocenters. The van der Waals surface area contributed by atoms with Crippen LogP contribution < -0.4 is 5.73 Å². The Balaban J connectivity index is 4.14. The van der Waals surface area contributed by atoms with Crippen LogP contribution in [0.2, 0.25) is 0 Å². The number of carbonyl (C=O) groups is 1. The van der Waals surface area contributed by atoms with E-state index >= 15 is 0 Å². The van der Waals surface area contributed by atoms with E-state index in [2.05, 4.69) is 74.6 Å². The SMILES string of the molecule is CC/C=C\C/C=C\C/C=C\CCCCCCCCOCC(COP(=O)(O)OCCN)OC(=O)CCCCCCC/C=C\C/C=C\CCCC. The lowest BCUT2D eigenvalue weighted by molar-refractivity contribution is -0.154. The number of rotatable bonds is 36. The largest absolute Gasteiger partial charge is 0.472 e. The molecule has 0 heterocycles. The number of allylic oxidation sites excluding steroid dienone is 10. The summed E-state index contributed by atoms with van der Waals surface area (Å²) in [5.74, 6) is -0.353. The van der Waals surface area contributed by atoms with Crippen molar-refractivity contribution in [1.82, 2.24) is 0 Å². The molecule has 0 amide bonds. The number of hydrogen-bond donors (Lipinski definition) is 2. The van der Waals surface area contributed by atoms with Gasteiger partial charge in [-0.1, -0.05) is 132 Å². The smallest absolute Gasteiger partial charge is 0.457 e. The Kier molecular flexibility index (Phi) is 36.1. The van der Waals surface area contributed by atoms with E-state index < -0.39 is 13.9 Å². The average molecular weight is 710 g/mol. The van der Waals surface area contributed by atoms with Gasteiger partial charge in [0.05, 0.1) is 19.8 Å². The van der Waals surface area contributed by atoms with Crippen LogP contribution in [0, 0.1) is 0 Å². The molecule has 49 heavy (non-hydrogen) atoms. The summed E-state index contributed by atoms with van der Waals surface area (Å²) >= 11 is 0. The Morgan fingerprint density at radius 2 is 1.14 bits per heavy atom. The summed E-state index contributed by atoms with van der Waals surface area (Å²) in [5, 5.41) is 0. The molecule has 0 saturated carbocycles. The van der Waals surface area contributed by atoms with Crippen molar-refractivity contribution in [2.75, 3.05) is 33.0 Å². The van der Waals surface area contributed by atoms with Crippen molar-refractivity contribution in [3.05, 3.63) is 60.8 Å². The van der Waals surface area contributed by atoms with Gasteiger partial charge in [0.15, 0.2) is 0 Å². The number of phosphoric ester groups is 1. The van der Waals surface area contributed by atoms with Crippen molar-refractivity contribution in [3.63, 3.8) is 0 Å². The van der Waals surface area contributed by atoms with Crippen molar-refractivity contribution >= 4 is 13.8 Å². The van der Waals surface area contributed by atoms with Crippen molar-refractivity contribution in [1.29, 1.82) is 0 Å². The molecular formula is C40H72NO7P. The second-order valence-electron chi connectivity index (χ2n) is 12.4. The van der Waals surface area contributed by atoms with Crippen LogP contribution in [0.3, 0.4) is 0 Å². The van der Waals surface area contributed by atoms with E-state index in [1.54, 1.807) is 0 Å². The summed E-state index contributed by atoms with van der Waals surface area (Å²) in [5.41, 5.74) is 5.35. The summed E-state index contributed by atoms with van der Waals surface area (Å²) < 4.78 is 33.3. The molecular weight excluding hydrogens is 637 g/mol. The van der Waals surface area contributed by atoms with Crippen molar-refractivity contribution in [2.45, 2.75) is 155 Å². The van der Waals surface area contributed by atoms with Crippen LogP contribution in [0.1, 0.15) is 149 Å².